The lowest BCUT2D eigenvalue weighted by Gasteiger charge is -2.29. The van der Waals surface area contributed by atoms with Gasteiger partial charge in [0, 0.05) is 12.1 Å². The molecule has 0 spiro atoms. The Kier molecular flexibility index (Phi) is 4.18. The summed E-state index contributed by atoms with van der Waals surface area (Å²) in [6.07, 6.45) is -0.738. The number of hydrogen-bond donors (Lipinski definition) is 2. The van der Waals surface area contributed by atoms with Gasteiger partial charge in [-0.25, -0.2) is 0 Å². The molecular weight excluding hydrogens is 282 g/mol. The summed E-state index contributed by atoms with van der Waals surface area (Å²) >= 11 is 0. The van der Waals surface area contributed by atoms with E-state index in [0.717, 1.165) is 5.56 Å². The molecule has 0 amide bonds. The third-order valence-electron chi connectivity index (χ3n) is 3.70. The zero-order valence-electron chi connectivity index (χ0n) is 12.4. The Morgan fingerprint density at radius 3 is 2.77 bits per heavy atom. The van der Waals surface area contributed by atoms with Crippen LogP contribution in [0.1, 0.15) is 17.2 Å². The normalized spacial score (nSPS) is 20.0. The number of ether oxygens (including phenoxy) is 3. The molecule has 0 saturated heterocycles. The SMILES string of the molecule is COc1cc(OCc2ccccc2)cc2c1C(N)C(O)CO2. The van der Waals surface area contributed by atoms with Gasteiger partial charge in [-0.2, -0.15) is 0 Å². The Hall–Kier alpha value is -2.24. The molecule has 0 aromatic heterocycles. The van der Waals surface area contributed by atoms with E-state index >= 15 is 0 Å². The predicted octanol–water partition coefficient (Wildman–Crippen LogP) is 2.03. The maximum Gasteiger partial charge on any atom is 0.131 e. The molecule has 2 aromatic rings. The van der Waals surface area contributed by atoms with Crippen molar-refractivity contribution in [2.75, 3.05) is 13.7 Å². The number of aliphatic hydroxyl groups excluding tert-OH is 1. The molecule has 0 saturated carbocycles. The highest BCUT2D eigenvalue weighted by atomic mass is 16.5. The summed E-state index contributed by atoms with van der Waals surface area (Å²) < 4.78 is 16.7. The van der Waals surface area contributed by atoms with Gasteiger partial charge >= 0.3 is 0 Å². The van der Waals surface area contributed by atoms with Crippen LogP contribution < -0.4 is 19.9 Å². The minimum absolute atomic E-state index is 0.166. The molecule has 22 heavy (non-hydrogen) atoms. The van der Waals surface area contributed by atoms with Gasteiger partial charge in [0.1, 0.15) is 36.6 Å². The molecule has 5 heteroatoms. The quantitative estimate of drug-likeness (QED) is 0.904. The summed E-state index contributed by atoms with van der Waals surface area (Å²) in [5.41, 5.74) is 7.78. The van der Waals surface area contributed by atoms with Gasteiger partial charge in [-0.1, -0.05) is 30.3 Å². The van der Waals surface area contributed by atoms with E-state index < -0.39 is 12.1 Å². The molecule has 0 bridgehead atoms. The van der Waals surface area contributed by atoms with Crippen molar-refractivity contribution in [2.24, 2.45) is 5.73 Å². The lowest BCUT2D eigenvalue weighted by atomic mass is 9.98. The van der Waals surface area contributed by atoms with Crippen LogP contribution in [-0.4, -0.2) is 24.9 Å². The highest BCUT2D eigenvalue weighted by Gasteiger charge is 2.30. The molecule has 1 aliphatic rings. The van der Waals surface area contributed by atoms with Crippen LogP contribution in [0, 0.1) is 0 Å². The first kappa shape index (κ1) is 14.7. The van der Waals surface area contributed by atoms with Crippen LogP contribution in [0.15, 0.2) is 42.5 Å². The first-order chi connectivity index (χ1) is 10.7. The Balaban J connectivity index is 1.85. The molecule has 2 unspecified atom stereocenters. The van der Waals surface area contributed by atoms with E-state index in [2.05, 4.69) is 0 Å². The van der Waals surface area contributed by atoms with Crippen LogP contribution in [0.4, 0.5) is 0 Å². The summed E-state index contributed by atoms with van der Waals surface area (Å²) in [5.74, 6) is 1.80. The van der Waals surface area contributed by atoms with E-state index in [-0.39, 0.29) is 6.61 Å². The van der Waals surface area contributed by atoms with E-state index in [0.29, 0.717) is 29.4 Å². The third-order valence-corrected chi connectivity index (χ3v) is 3.70. The van der Waals surface area contributed by atoms with E-state index in [1.807, 2.05) is 30.3 Å². The van der Waals surface area contributed by atoms with E-state index in [4.69, 9.17) is 19.9 Å². The van der Waals surface area contributed by atoms with E-state index in [1.54, 1.807) is 19.2 Å². The molecule has 3 rings (SSSR count). The van der Waals surface area contributed by atoms with Gasteiger partial charge in [0.2, 0.25) is 0 Å². The van der Waals surface area contributed by atoms with Gasteiger partial charge in [0.25, 0.3) is 0 Å². The summed E-state index contributed by atoms with van der Waals surface area (Å²) in [5, 5.41) is 9.83. The lowest BCUT2D eigenvalue weighted by molar-refractivity contribution is 0.0661. The van der Waals surface area contributed by atoms with Gasteiger partial charge in [-0.3, -0.25) is 0 Å². The Bertz CT molecular complexity index is 627. The zero-order valence-corrected chi connectivity index (χ0v) is 12.4. The molecule has 116 valence electrons. The predicted molar refractivity (Wildman–Crippen MR) is 82.2 cm³/mol. The second kappa shape index (κ2) is 6.25. The fourth-order valence-corrected chi connectivity index (χ4v) is 2.49. The Labute approximate surface area is 129 Å². The summed E-state index contributed by atoms with van der Waals surface area (Å²) in [6.45, 7) is 0.622. The molecule has 0 aliphatic carbocycles. The minimum atomic E-state index is -0.738. The number of hydrogen-bond acceptors (Lipinski definition) is 5. The van der Waals surface area contributed by atoms with Gasteiger partial charge < -0.3 is 25.1 Å². The summed E-state index contributed by atoms with van der Waals surface area (Å²) in [7, 11) is 1.56. The summed E-state index contributed by atoms with van der Waals surface area (Å²) in [4.78, 5) is 0. The molecule has 0 radical (unpaired) electrons. The van der Waals surface area contributed by atoms with Crippen LogP contribution in [0.25, 0.3) is 0 Å². The van der Waals surface area contributed by atoms with Gasteiger partial charge in [-0.05, 0) is 5.56 Å². The second-order valence-electron chi connectivity index (χ2n) is 5.22. The highest BCUT2D eigenvalue weighted by molar-refractivity contribution is 5.53. The molecule has 5 nitrogen and oxygen atoms in total. The van der Waals surface area contributed by atoms with Crippen molar-refractivity contribution < 1.29 is 19.3 Å². The first-order valence-corrected chi connectivity index (χ1v) is 7.14. The standard InChI is InChI=1S/C17H19NO4/c1-20-14-7-12(21-9-11-5-3-2-4-6-11)8-15-16(14)17(18)13(19)10-22-15/h2-8,13,17,19H,9-10,18H2,1H3. The number of rotatable bonds is 4. The van der Waals surface area contributed by atoms with E-state index in [9.17, 15) is 5.11 Å². The zero-order chi connectivity index (χ0) is 15.5. The van der Waals surface area contributed by atoms with Crippen molar-refractivity contribution in [1.29, 1.82) is 0 Å². The van der Waals surface area contributed by atoms with Crippen molar-refractivity contribution in [3.63, 3.8) is 0 Å². The van der Waals surface area contributed by atoms with Crippen molar-refractivity contribution in [3.05, 3.63) is 53.6 Å². The number of methoxy groups -OCH3 is 1. The molecule has 1 heterocycles. The average Bonchev–Trinajstić information content (AvgIpc) is 2.56. The van der Waals surface area contributed by atoms with Crippen LogP contribution in [0.5, 0.6) is 17.2 Å². The smallest absolute Gasteiger partial charge is 0.131 e. The maximum atomic E-state index is 9.83. The van der Waals surface area contributed by atoms with Crippen molar-refractivity contribution in [3.8, 4) is 17.2 Å². The molecule has 2 aromatic carbocycles. The molecule has 2 atom stereocenters. The minimum Gasteiger partial charge on any atom is -0.496 e. The molecule has 1 aliphatic heterocycles. The molecule has 3 N–H and O–H groups in total. The van der Waals surface area contributed by atoms with Crippen LogP contribution in [0.3, 0.4) is 0 Å². The number of benzene rings is 2. The second-order valence-corrected chi connectivity index (χ2v) is 5.22. The monoisotopic (exact) mass is 301 g/mol. The van der Waals surface area contributed by atoms with Gasteiger partial charge in [0.15, 0.2) is 0 Å². The Morgan fingerprint density at radius 2 is 2.05 bits per heavy atom. The van der Waals surface area contributed by atoms with Crippen molar-refractivity contribution in [1.82, 2.24) is 0 Å². The first-order valence-electron chi connectivity index (χ1n) is 7.14. The van der Waals surface area contributed by atoms with Crippen LogP contribution in [-0.2, 0) is 6.61 Å². The largest absolute Gasteiger partial charge is 0.496 e. The average molecular weight is 301 g/mol. The van der Waals surface area contributed by atoms with Crippen molar-refractivity contribution in [2.45, 2.75) is 18.8 Å². The maximum absolute atomic E-state index is 9.83. The Morgan fingerprint density at radius 1 is 1.27 bits per heavy atom. The molecule has 0 fully saturated rings. The van der Waals surface area contributed by atoms with E-state index in [1.165, 1.54) is 0 Å². The number of nitrogens with two attached hydrogens (primary N) is 1. The fourth-order valence-electron chi connectivity index (χ4n) is 2.49. The molecular formula is C17H19NO4. The lowest BCUT2D eigenvalue weighted by Crippen LogP contribution is -2.36. The third kappa shape index (κ3) is 2.86. The summed E-state index contributed by atoms with van der Waals surface area (Å²) in [6, 6.07) is 12.9. The number of aliphatic hydroxyl groups is 1. The van der Waals surface area contributed by atoms with Crippen LogP contribution >= 0.6 is 0 Å². The number of fused-ring (bicyclic) bond motifs is 1. The highest BCUT2D eigenvalue weighted by Crippen LogP contribution is 2.41. The van der Waals surface area contributed by atoms with Crippen molar-refractivity contribution >= 4 is 0 Å². The van der Waals surface area contributed by atoms with Crippen LogP contribution in [0.2, 0.25) is 0 Å². The van der Waals surface area contributed by atoms with Gasteiger partial charge in [-0.15, -0.1) is 0 Å². The topological polar surface area (TPSA) is 73.9 Å². The fraction of sp³-hybridized carbons (Fsp3) is 0.294. The van der Waals surface area contributed by atoms with Gasteiger partial charge in [0.05, 0.1) is 18.7 Å².